The summed E-state index contributed by atoms with van der Waals surface area (Å²) in [5, 5.41) is 12.0. The Hall–Kier alpha value is -3.74. The second-order valence-electron chi connectivity index (χ2n) is 10.2. The molecule has 1 aliphatic heterocycles. The molecule has 1 saturated heterocycles. The Morgan fingerprint density at radius 2 is 1.78 bits per heavy atom. The molecular weight excluding hydrogens is 473 g/mol. The summed E-state index contributed by atoms with van der Waals surface area (Å²) < 4.78 is 20.7. The summed E-state index contributed by atoms with van der Waals surface area (Å²) in [6.45, 7) is 1.74. The molecular formula is C30H30FNO5. The van der Waals surface area contributed by atoms with Gasteiger partial charge in [-0.3, -0.25) is 9.59 Å². The minimum absolute atomic E-state index is 0.310. The Balaban J connectivity index is 1.51. The van der Waals surface area contributed by atoms with E-state index >= 15 is 0 Å². The molecule has 6 nitrogen and oxygen atoms in total. The van der Waals surface area contributed by atoms with E-state index in [0.29, 0.717) is 24.4 Å². The average molecular weight is 504 g/mol. The first-order valence-corrected chi connectivity index (χ1v) is 12.8. The molecule has 2 aromatic carbocycles. The van der Waals surface area contributed by atoms with E-state index in [1.54, 1.807) is 18.3 Å². The normalized spacial score (nSPS) is 20.8. The van der Waals surface area contributed by atoms with Gasteiger partial charge in [0.1, 0.15) is 28.9 Å². The van der Waals surface area contributed by atoms with Crippen molar-refractivity contribution in [3.8, 4) is 0 Å². The number of hydrogen-bond acceptors (Lipinski definition) is 5. The SMILES string of the molecule is CC(=O)C(/C(O)=C1/C(=O)OC(CC2CCCCC2)C1=O)c1cn(Cc2ccc(F)cc2)c2ccccc12. The summed E-state index contributed by atoms with van der Waals surface area (Å²) in [7, 11) is 0. The van der Waals surface area contributed by atoms with Gasteiger partial charge in [-0.25, -0.2) is 9.18 Å². The lowest BCUT2D eigenvalue weighted by atomic mass is 9.84. The second-order valence-corrected chi connectivity index (χ2v) is 10.2. The number of benzene rings is 2. The summed E-state index contributed by atoms with van der Waals surface area (Å²) in [5.41, 5.74) is 1.74. The number of allylic oxidation sites excluding steroid dienone is 1. The molecule has 0 radical (unpaired) electrons. The number of cyclic esters (lactones) is 1. The number of carbonyl (C=O) groups excluding carboxylic acids is 3. The van der Waals surface area contributed by atoms with Crippen LogP contribution in [0.1, 0.15) is 62.5 Å². The Labute approximate surface area is 214 Å². The number of aromatic nitrogens is 1. The van der Waals surface area contributed by atoms with Gasteiger partial charge >= 0.3 is 5.97 Å². The van der Waals surface area contributed by atoms with Crippen LogP contribution in [0.4, 0.5) is 4.39 Å². The van der Waals surface area contributed by atoms with Gasteiger partial charge in [0.2, 0.25) is 5.78 Å². The van der Waals surface area contributed by atoms with E-state index < -0.39 is 40.9 Å². The van der Waals surface area contributed by atoms with E-state index in [-0.39, 0.29) is 5.82 Å². The molecule has 37 heavy (non-hydrogen) atoms. The molecule has 7 heteroatoms. The number of para-hydroxylation sites is 1. The number of ether oxygens (including phenoxy) is 1. The number of Topliss-reactive ketones (excluding diaryl/α,β-unsaturated/α-hetero) is 2. The first-order valence-electron chi connectivity index (χ1n) is 12.8. The predicted octanol–water partition coefficient (Wildman–Crippen LogP) is 5.78. The maximum atomic E-state index is 13.4. The third-order valence-corrected chi connectivity index (χ3v) is 7.60. The van der Waals surface area contributed by atoms with E-state index in [1.165, 1.54) is 25.5 Å². The van der Waals surface area contributed by atoms with Gasteiger partial charge in [0.15, 0.2) is 6.10 Å². The molecule has 2 heterocycles. The molecule has 1 aliphatic carbocycles. The van der Waals surface area contributed by atoms with E-state index in [4.69, 9.17) is 4.74 Å². The fourth-order valence-electron chi connectivity index (χ4n) is 5.74. The number of halogens is 1. The molecule has 1 N–H and O–H groups in total. The topological polar surface area (TPSA) is 85.6 Å². The van der Waals surface area contributed by atoms with E-state index in [2.05, 4.69) is 0 Å². The van der Waals surface area contributed by atoms with Gasteiger partial charge in [-0.05, 0) is 48.6 Å². The quantitative estimate of drug-likeness (QED) is 0.191. The fraction of sp³-hybridized carbons (Fsp3) is 0.367. The highest BCUT2D eigenvalue weighted by atomic mass is 19.1. The van der Waals surface area contributed by atoms with Crippen LogP contribution in [0.15, 0.2) is 66.1 Å². The molecule has 5 rings (SSSR count). The highest BCUT2D eigenvalue weighted by Crippen LogP contribution is 2.37. The molecule has 2 fully saturated rings. The van der Waals surface area contributed by atoms with Crippen LogP contribution in [0.3, 0.4) is 0 Å². The smallest absolute Gasteiger partial charge is 0.346 e. The van der Waals surface area contributed by atoms with Crippen LogP contribution >= 0.6 is 0 Å². The zero-order valence-electron chi connectivity index (χ0n) is 20.8. The predicted molar refractivity (Wildman–Crippen MR) is 137 cm³/mol. The van der Waals surface area contributed by atoms with Crippen LogP contribution in [0.25, 0.3) is 10.9 Å². The highest BCUT2D eigenvalue weighted by Gasteiger charge is 2.44. The first-order chi connectivity index (χ1) is 17.8. The van der Waals surface area contributed by atoms with Gasteiger partial charge in [0.05, 0.1) is 0 Å². The standard InChI is InChI=1S/C30H30FNO5/c1-18(33)26(29(35)27-28(34)25(37-30(27)36)15-19-7-3-2-4-8-19)23-17-32(24-10-6-5-9-22(23)24)16-20-11-13-21(31)14-12-20/h5-6,9-14,17,19,25-26,35H,2-4,7-8,15-16H2,1H3/b29-27-. The fourth-order valence-corrected chi connectivity index (χ4v) is 5.74. The molecule has 1 aromatic heterocycles. The number of hydrogen-bond donors (Lipinski definition) is 1. The van der Waals surface area contributed by atoms with Crippen molar-refractivity contribution in [2.75, 3.05) is 0 Å². The van der Waals surface area contributed by atoms with Gasteiger partial charge in [-0.2, -0.15) is 0 Å². The van der Waals surface area contributed by atoms with Crippen molar-refractivity contribution in [2.45, 2.75) is 64.0 Å². The van der Waals surface area contributed by atoms with Crippen molar-refractivity contribution >= 4 is 28.4 Å². The second kappa shape index (κ2) is 10.3. The molecule has 192 valence electrons. The zero-order valence-corrected chi connectivity index (χ0v) is 20.8. The van der Waals surface area contributed by atoms with Crippen molar-refractivity contribution in [2.24, 2.45) is 5.92 Å². The van der Waals surface area contributed by atoms with Crippen LogP contribution in [-0.4, -0.2) is 33.3 Å². The van der Waals surface area contributed by atoms with Crippen molar-refractivity contribution in [3.63, 3.8) is 0 Å². The molecule has 3 aromatic rings. The molecule has 1 saturated carbocycles. The maximum Gasteiger partial charge on any atom is 0.346 e. The maximum absolute atomic E-state index is 13.4. The monoisotopic (exact) mass is 503 g/mol. The third-order valence-electron chi connectivity index (χ3n) is 7.60. The highest BCUT2D eigenvalue weighted by molar-refractivity contribution is 6.24. The molecule has 2 atom stereocenters. The van der Waals surface area contributed by atoms with Gasteiger partial charge in [0, 0.05) is 23.6 Å². The summed E-state index contributed by atoms with van der Waals surface area (Å²) in [6.07, 6.45) is 6.65. The Morgan fingerprint density at radius 3 is 2.49 bits per heavy atom. The lowest BCUT2D eigenvalue weighted by molar-refractivity contribution is -0.141. The first kappa shape index (κ1) is 24.9. The molecule has 2 unspecified atom stereocenters. The molecule has 0 spiro atoms. The average Bonchev–Trinajstić information content (AvgIpc) is 3.37. The van der Waals surface area contributed by atoms with Gasteiger partial charge in [0.25, 0.3) is 0 Å². The van der Waals surface area contributed by atoms with Gasteiger partial charge < -0.3 is 14.4 Å². The summed E-state index contributed by atoms with van der Waals surface area (Å²) in [6, 6.07) is 13.6. The molecule has 0 amide bonds. The largest absolute Gasteiger partial charge is 0.510 e. The number of carbonyl (C=O) groups is 3. The van der Waals surface area contributed by atoms with Crippen LogP contribution in [0, 0.1) is 11.7 Å². The number of fused-ring (bicyclic) bond motifs is 1. The van der Waals surface area contributed by atoms with Crippen molar-refractivity contribution < 1.29 is 28.6 Å². The number of nitrogens with zero attached hydrogens (tertiary/aromatic N) is 1. The third kappa shape index (κ3) is 4.95. The minimum Gasteiger partial charge on any atom is -0.510 e. The molecule has 2 aliphatic rings. The summed E-state index contributed by atoms with van der Waals surface area (Å²) in [5.74, 6) is -3.59. The van der Waals surface area contributed by atoms with Crippen molar-refractivity contribution in [1.29, 1.82) is 0 Å². The lowest BCUT2D eigenvalue weighted by Gasteiger charge is -2.22. The van der Waals surface area contributed by atoms with Crippen LogP contribution in [0.2, 0.25) is 0 Å². The van der Waals surface area contributed by atoms with E-state index in [0.717, 1.165) is 42.1 Å². The Kier molecular flexibility index (Phi) is 6.96. The summed E-state index contributed by atoms with van der Waals surface area (Å²) >= 11 is 0. The lowest BCUT2D eigenvalue weighted by Crippen LogP contribution is -2.23. The van der Waals surface area contributed by atoms with Crippen LogP contribution < -0.4 is 0 Å². The van der Waals surface area contributed by atoms with Gasteiger partial charge in [-0.15, -0.1) is 0 Å². The number of rotatable bonds is 7. The van der Waals surface area contributed by atoms with E-state index in [1.807, 2.05) is 28.8 Å². The number of esters is 1. The molecule has 0 bridgehead atoms. The van der Waals surface area contributed by atoms with Crippen LogP contribution in [0.5, 0.6) is 0 Å². The van der Waals surface area contributed by atoms with Crippen molar-refractivity contribution in [3.05, 3.63) is 83.0 Å². The van der Waals surface area contributed by atoms with Crippen molar-refractivity contribution in [1.82, 2.24) is 4.57 Å². The zero-order chi connectivity index (χ0) is 26.1. The number of ketones is 2. The Bertz CT molecular complexity index is 1380. The Morgan fingerprint density at radius 1 is 1.08 bits per heavy atom. The van der Waals surface area contributed by atoms with Gasteiger partial charge in [-0.1, -0.05) is 62.4 Å². The number of aliphatic hydroxyl groups excluding tert-OH is 1. The van der Waals surface area contributed by atoms with E-state index in [9.17, 15) is 23.9 Å². The number of aliphatic hydroxyl groups is 1. The summed E-state index contributed by atoms with van der Waals surface area (Å²) in [4.78, 5) is 38.9. The minimum atomic E-state index is -1.20. The van der Waals surface area contributed by atoms with Crippen LogP contribution in [-0.2, 0) is 25.7 Å².